The quantitative estimate of drug-likeness (QED) is 0.512. The standard InChI is InChI=1S/C19H15F4N3O2/c1-11-4-2-3-5-15(11)28-10-17(27)24-16-6-7-26(25-16)9-12-18(22)13(20)8-14(21)19(12)23/h2-8H,9-10H2,1H3,(H,24,25,27). The number of amides is 1. The van der Waals surface area contributed by atoms with Crippen LogP contribution in [0.1, 0.15) is 11.1 Å². The predicted molar refractivity (Wildman–Crippen MR) is 92.9 cm³/mol. The van der Waals surface area contributed by atoms with E-state index in [9.17, 15) is 22.4 Å². The fourth-order valence-electron chi connectivity index (χ4n) is 2.48. The monoisotopic (exact) mass is 393 g/mol. The first-order valence-electron chi connectivity index (χ1n) is 8.18. The average molecular weight is 393 g/mol. The van der Waals surface area contributed by atoms with Crippen molar-refractivity contribution in [3.8, 4) is 5.75 Å². The van der Waals surface area contributed by atoms with Crippen molar-refractivity contribution in [1.82, 2.24) is 9.78 Å². The average Bonchev–Trinajstić information content (AvgIpc) is 3.10. The second-order valence-electron chi connectivity index (χ2n) is 5.95. The number of anilines is 1. The maximum absolute atomic E-state index is 13.7. The van der Waals surface area contributed by atoms with E-state index in [0.717, 1.165) is 10.2 Å². The number of aromatic nitrogens is 2. The minimum absolute atomic E-state index is 0.0936. The largest absolute Gasteiger partial charge is 0.483 e. The fraction of sp³-hybridized carbons (Fsp3) is 0.158. The normalized spacial score (nSPS) is 10.8. The number of carbonyl (C=O) groups is 1. The Kier molecular flexibility index (Phi) is 5.62. The van der Waals surface area contributed by atoms with Gasteiger partial charge in [-0.3, -0.25) is 9.48 Å². The zero-order valence-corrected chi connectivity index (χ0v) is 14.7. The van der Waals surface area contributed by atoms with Crippen LogP contribution in [0.2, 0.25) is 0 Å². The van der Waals surface area contributed by atoms with E-state index >= 15 is 0 Å². The topological polar surface area (TPSA) is 56.1 Å². The summed E-state index contributed by atoms with van der Waals surface area (Å²) in [6.07, 6.45) is 1.31. The van der Waals surface area contributed by atoms with Crippen molar-refractivity contribution in [2.24, 2.45) is 0 Å². The first kappa shape index (κ1) is 19.4. The zero-order chi connectivity index (χ0) is 20.3. The maximum Gasteiger partial charge on any atom is 0.263 e. The molecule has 1 heterocycles. The molecule has 0 aliphatic heterocycles. The molecule has 9 heteroatoms. The van der Waals surface area contributed by atoms with Crippen LogP contribution in [-0.2, 0) is 11.3 Å². The Bertz CT molecular complexity index is 994. The lowest BCUT2D eigenvalue weighted by atomic mass is 10.2. The molecule has 0 spiro atoms. The summed E-state index contributed by atoms with van der Waals surface area (Å²) in [5.74, 6) is -5.83. The third kappa shape index (κ3) is 4.30. The maximum atomic E-state index is 13.7. The molecule has 3 rings (SSSR count). The summed E-state index contributed by atoms with van der Waals surface area (Å²) in [7, 11) is 0. The molecule has 3 aromatic rings. The summed E-state index contributed by atoms with van der Waals surface area (Å²) in [6, 6.07) is 8.68. The third-order valence-electron chi connectivity index (χ3n) is 3.88. The number of hydrogen-bond acceptors (Lipinski definition) is 3. The van der Waals surface area contributed by atoms with Crippen LogP contribution in [0, 0.1) is 30.2 Å². The third-order valence-corrected chi connectivity index (χ3v) is 3.88. The number of ether oxygens (including phenoxy) is 1. The molecular formula is C19H15F4N3O2. The molecule has 146 valence electrons. The van der Waals surface area contributed by atoms with Crippen molar-refractivity contribution < 1.29 is 27.1 Å². The number of halogens is 4. The van der Waals surface area contributed by atoms with Crippen LogP contribution in [0.15, 0.2) is 42.6 Å². The van der Waals surface area contributed by atoms with Gasteiger partial charge in [0.05, 0.1) is 12.1 Å². The number of aryl methyl sites for hydroxylation is 1. The molecule has 28 heavy (non-hydrogen) atoms. The lowest BCUT2D eigenvalue weighted by Crippen LogP contribution is -2.21. The highest BCUT2D eigenvalue weighted by Gasteiger charge is 2.19. The Hall–Kier alpha value is -3.36. The first-order chi connectivity index (χ1) is 13.3. The van der Waals surface area contributed by atoms with E-state index < -0.39 is 41.3 Å². The van der Waals surface area contributed by atoms with Crippen LogP contribution in [0.4, 0.5) is 23.4 Å². The van der Waals surface area contributed by atoms with Gasteiger partial charge in [0.2, 0.25) is 0 Å². The Labute approximate surface area is 157 Å². The lowest BCUT2D eigenvalue weighted by molar-refractivity contribution is -0.118. The molecular weight excluding hydrogens is 378 g/mol. The SMILES string of the molecule is Cc1ccccc1OCC(=O)Nc1ccn(Cc2c(F)c(F)cc(F)c2F)n1. The summed E-state index contributed by atoms with van der Waals surface area (Å²) in [4.78, 5) is 12.0. The van der Waals surface area contributed by atoms with E-state index in [-0.39, 0.29) is 18.5 Å². The number of rotatable bonds is 6. The summed E-state index contributed by atoms with van der Waals surface area (Å²) in [5, 5.41) is 6.37. The number of hydrogen-bond donors (Lipinski definition) is 1. The molecule has 1 N–H and O–H groups in total. The van der Waals surface area contributed by atoms with E-state index in [1.54, 1.807) is 12.1 Å². The van der Waals surface area contributed by atoms with Crippen molar-refractivity contribution in [3.05, 3.63) is 77.0 Å². The van der Waals surface area contributed by atoms with Gasteiger partial charge in [-0.25, -0.2) is 17.6 Å². The lowest BCUT2D eigenvalue weighted by Gasteiger charge is -2.08. The van der Waals surface area contributed by atoms with Gasteiger partial charge >= 0.3 is 0 Å². The van der Waals surface area contributed by atoms with Gasteiger partial charge in [0.1, 0.15) is 5.75 Å². The molecule has 0 aliphatic rings. The Morgan fingerprint density at radius 2 is 1.79 bits per heavy atom. The number of para-hydroxylation sites is 1. The number of nitrogens with one attached hydrogen (secondary N) is 1. The molecule has 0 bridgehead atoms. The first-order valence-corrected chi connectivity index (χ1v) is 8.18. The van der Waals surface area contributed by atoms with E-state index in [0.29, 0.717) is 5.75 Å². The minimum atomic E-state index is -1.50. The Morgan fingerprint density at radius 1 is 1.11 bits per heavy atom. The van der Waals surface area contributed by atoms with Gasteiger partial charge in [0.25, 0.3) is 5.91 Å². The number of benzene rings is 2. The highest BCUT2D eigenvalue weighted by Crippen LogP contribution is 2.20. The van der Waals surface area contributed by atoms with E-state index in [4.69, 9.17) is 4.74 Å². The van der Waals surface area contributed by atoms with Gasteiger partial charge in [-0.2, -0.15) is 5.10 Å². The van der Waals surface area contributed by atoms with Gasteiger partial charge in [0.15, 0.2) is 35.7 Å². The smallest absolute Gasteiger partial charge is 0.263 e. The van der Waals surface area contributed by atoms with Crippen molar-refractivity contribution >= 4 is 11.7 Å². The molecule has 0 fully saturated rings. The molecule has 0 unspecified atom stereocenters. The number of nitrogens with zero attached hydrogens (tertiary/aromatic N) is 2. The highest BCUT2D eigenvalue weighted by molar-refractivity contribution is 5.90. The van der Waals surface area contributed by atoms with Crippen molar-refractivity contribution in [2.45, 2.75) is 13.5 Å². The van der Waals surface area contributed by atoms with Crippen LogP contribution >= 0.6 is 0 Å². The molecule has 0 saturated carbocycles. The van der Waals surface area contributed by atoms with Crippen molar-refractivity contribution in [2.75, 3.05) is 11.9 Å². The van der Waals surface area contributed by atoms with Gasteiger partial charge in [-0.05, 0) is 18.6 Å². The molecule has 1 amide bonds. The molecule has 2 aromatic carbocycles. The highest BCUT2D eigenvalue weighted by atomic mass is 19.2. The Morgan fingerprint density at radius 3 is 2.46 bits per heavy atom. The minimum Gasteiger partial charge on any atom is -0.483 e. The van der Waals surface area contributed by atoms with Gasteiger partial charge in [-0.15, -0.1) is 0 Å². The fourth-order valence-corrected chi connectivity index (χ4v) is 2.48. The predicted octanol–water partition coefficient (Wildman–Crippen LogP) is 3.81. The zero-order valence-electron chi connectivity index (χ0n) is 14.7. The van der Waals surface area contributed by atoms with E-state index in [1.807, 2.05) is 19.1 Å². The van der Waals surface area contributed by atoms with Crippen LogP contribution < -0.4 is 10.1 Å². The van der Waals surface area contributed by atoms with Gasteiger partial charge in [0, 0.05) is 18.3 Å². The molecule has 0 atom stereocenters. The summed E-state index contributed by atoms with van der Waals surface area (Å²) >= 11 is 0. The summed E-state index contributed by atoms with van der Waals surface area (Å²) < 4.78 is 60.4. The number of carbonyl (C=O) groups excluding carboxylic acids is 1. The van der Waals surface area contributed by atoms with Crippen molar-refractivity contribution in [3.63, 3.8) is 0 Å². The molecule has 0 saturated heterocycles. The molecule has 0 radical (unpaired) electrons. The van der Waals surface area contributed by atoms with Crippen LogP contribution in [0.3, 0.4) is 0 Å². The summed E-state index contributed by atoms with van der Waals surface area (Å²) in [5.41, 5.74) is 0.0623. The molecule has 5 nitrogen and oxygen atoms in total. The van der Waals surface area contributed by atoms with Gasteiger partial charge in [-0.1, -0.05) is 18.2 Å². The van der Waals surface area contributed by atoms with Crippen LogP contribution in [0.5, 0.6) is 5.75 Å². The molecule has 0 aliphatic carbocycles. The summed E-state index contributed by atoms with van der Waals surface area (Å²) in [6.45, 7) is 1.01. The second kappa shape index (κ2) is 8.12. The van der Waals surface area contributed by atoms with E-state index in [2.05, 4.69) is 10.4 Å². The van der Waals surface area contributed by atoms with Crippen molar-refractivity contribution in [1.29, 1.82) is 0 Å². The Balaban J connectivity index is 1.63. The van der Waals surface area contributed by atoms with Crippen LogP contribution in [-0.4, -0.2) is 22.3 Å². The van der Waals surface area contributed by atoms with E-state index in [1.165, 1.54) is 12.3 Å². The van der Waals surface area contributed by atoms with Crippen LogP contribution in [0.25, 0.3) is 0 Å². The van der Waals surface area contributed by atoms with Gasteiger partial charge < -0.3 is 10.1 Å². The second-order valence-corrected chi connectivity index (χ2v) is 5.95. The molecule has 1 aromatic heterocycles.